The molecule has 1 aliphatic heterocycles. The van der Waals surface area contributed by atoms with Crippen molar-refractivity contribution in [2.45, 2.75) is 30.7 Å². The Labute approximate surface area is 115 Å². The van der Waals surface area contributed by atoms with Crippen LogP contribution in [0.5, 0.6) is 11.5 Å². The molecule has 2 rings (SSSR count). The lowest BCUT2D eigenvalue weighted by Crippen LogP contribution is -2.60. The molecule has 5 atom stereocenters. The van der Waals surface area contributed by atoms with Crippen molar-refractivity contribution in [3.63, 3.8) is 0 Å². The van der Waals surface area contributed by atoms with Crippen LogP contribution in [0.3, 0.4) is 0 Å². The Hall–Kier alpha value is -1.38. The lowest BCUT2D eigenvalue weighted by atomic mass is 9.99. The van der Waals surface area contributed by atoms with Gasteiger partial charge in [-0.2, -0.15) is 0 Å². The van der Waals surface area contributed by atoms with E-state index in [4.69, 9.17) is 19.3 Å². The van der Waals surface area contributed by atoms with Gasteiger partial charge in [0.1, 0.15) is 35.9 Å². The molecule has 1 fully saturated rings. The summed E-state index contributed by atoms with van der Waals surface area (Å²) in [4.78, 5) is 0. The highest BCUT2D eigenvalue weighted by Gasteiger charge is 2.44. The molecular weight excluding hydrogens is 268 g/mol. The summed E-state index contributed by atoms with van der Waals surface area (Å²) in [5, 5.41) is 38.2. The van der Waals surface area contributed by atoms with E-state index >= 15 is 0 Å². The zero-order chi connectivity index (χ0) is 14.7. The highest BCUT2D eigenvalue weighted by Crippen LogP contribution is 2.26. The second-order valence-electron chi connectivity index (χ2n) is 4.49. The normalized spacial score (nSPS) is 33.8. The first kappa shape index (κ1) is 15.0. The average Bonchev–Trinajstić information content (AvgIpc) is 2.48. The largest absolute Gasteiger partial charge is 0.497 e. The number of ether oxygens (including phenoxy) is 3. The van der Waals surface area contributed by atoms with Crippen molar-refractivity contribution < 1.29 is 34.6 Å². The van der Waals surface area contributed by atoms with E-state index in [1.54, 1.807) is 24.3 Å². The Kier molecular flexibility index (Phi) is 4.79. The van der Waals surface area contributed by atoms with Gasteiger partial charge in [-0.05, 0) is 12.1 Å². The van der Waals surface area contributed by atoms with Gasteiger partial charge in [0.15, 0.2) is 0 Å². The summed E-state index contributed by atoms with van der Waals surface area (Å²) in [5.41, 5.74) is 0. The second kappa shape index (κ2) is 6.38. The Morgan fingerprint density at radius 1 is 1.10 bits per heavy atom. The van der Waals surface area contributed by atoms with Gasteiger partial charge >= 0.3 is 0 Å². The van der Waals surface area contributed by atoms with Gasteiger partial charge in [-0.1, -0.05) is 6.07 Å². The predicted molar refractivity (Wildman–Crippen MR) is 67.4 cm³/mol. The highest BCUT2D eigenvalue weighted by atomic mass is 16.7. The first-order valence-electron chi connectivity index (χ1n) is 6.18. The molecule has 0 aromatic heterocycles. The molecule has 20 heavy (non-hydrogen) atoms. The molecule has 1 aliphatic rings. The molecular formula is C13H18O7. The molecule has 0 unspecified atom stereocenters. The highest BCUT2D eigenvalue weighted by molar-refractivity contribution is 5.33. The minimum atomic E-state index is -1.46. The lowest BCUT2D eigenvalue weighted by molar-refractivity contribution is -0.277. The van der Waals surface area contributed by atoms with Crippen LogP contribution >= 0.6 is 0 Å². The van der Waals surface area contributed by atoms with Crippen molar-refractivity contribution in [1.29, 1.82) is 0 Å². The van der Waals surface area contributed by atoms with E-state index in [0.29, 0.717) is 11.5 Å². The van der Waals surface area contributed by atoms with E-state index < -0.39 is 37.3 Å². The SMILES string of the molecule is COc1cccc(O[C@@H]2O[C@H](CO)[C@@H](O)[C@H](O)[C@H]2O)c1. The van der Waals surface area contributed by atoms with E-state index in [2.05, 4.69) is 0 Å². The average molecular weight is 286 g/mol. The molecule has 7 nitrogen and oxygen atoms in total. The smallest absolute Gasteiger partial charge is 0.229 e. The van der Waals surface area contributed by atoms with Gasteiger partial charge in [-0.3, -0.25) is 0 Å². The van der Waals surface area contributed by atoms with Crippen LogP contribution < -0.4 is 9.47 Å². The van der Waals surface area contributed by atoms with Crippen LogP contribution in [0.4, 0.5) is 0 Å². The van der Waals surface area contributed by atoms with Crippen LogP contribution in [0.15, 0.2) is 24.3 Å². The number of rotatable bonds is 4. The van der Waals surface area contributed by atoms with Crippen LogP contribution in [0, 0.1) is 0 Å². The van der Waals surface area contributed by atoms with E-state index in [0.717, 1.165) is 0 Å². The molecule has 112 valence electrons. The molecule has 0 saturated carbocycles. The van der Waals surface area contributed by atoms with Crippen molar-refractivity contribution in [3.05, 3.63) is 24.3 Å². The Morgan fingerprint density at radius 3 is 2.45 bits per heavy atom. The van der Waals surface area contributed by atoms with E-state index in [9.17, 15) is 15.3 Å². The van der Waals surface area contributed by atoms with Crippen molar-refractivity contribution in [1.82, 2.24) is 0 Å². The van der Waals surface area contributed by atoms with Crippen LogP contribution in [-0.4, -0.2) is 64.8 Å². The fraction of sp³-hybridized carbons (Fsp3) is 0.538. The van der Waals surface area contributed by atoms with Gasteiger partial charge in [0.05, 0.1) is 13.7 Å². The quantitative estimate of drug-likeness (QED) is 0.555. The summed E-state index contributed by atoms with van der Waals surface area (Å²) in [5.74, 6) is 0.931. The van der Waals surface area contributed by atoms with Gasteiger partial charge in [0, 0.05) is 6.07 Å². The first-order chi connectivity index (χ1) is 9.56. The van der Waals surface area contributed by atoms with Crippen molar-refractivity contribution in [3.8, 4) is 11.5 Å². The summed E-state index contributed by atoms with van der Waals surface area (Å²) in [6, 6.07) is 6.63. The predicted octanol–water partition coefficient (Wildman–Crippen LogP) is -1.13. The lowest BCUT2D eigenvalue weighted by Gasteiger charge is -2.39. The molecule has 0 radical (unpaired) electrons. The van der Waals surface area contributed by atoms with Crippen LogP contribution in [-0.2, 0) is 4.74 Å². The summed E-state index contributed by atoms with van der Waals surface area (Å²) in [7, 11) is 1.51. The van der Waals surface area contributed by atoms with E-state index in [-0.39, 0.29) is 0 Å². The van der Waals surface area contributed by atoms with Gasteiger partial charge in [-0.15, -0.1) is 0 Å². The molecule has 1 aromatic carbocycles. The maximum absolute atomic E-state index is 9.84. The Bertz CT molecular complexity index is 436. The Balaban J connectivity index is 2.10. The molecule has 0 spiro atoms. The van der Waals surface area contributed by atoms with Crippen molar-refractivity contribution in [2.75, 3.05) is 13.7 Å². The third-order valence-electron chi connectivity index (χ3n) is 3.14. The molecule has 1 aromatic rings. The molecule has 1 saturated heterocycles. The zero-order valence-electron chi connectivity index (χ0n) is 10.9. The molecule has 0 amide bonds. The summed E-state index contributed by atoms with van der Waals surface area (Å²) < 4.78 is 15.7. The van der Waals surface area contributed by atoms with Gasteiger partial charge in [-0.25, -0.2) is 0 Å². The third-order valence-corrected chi connectivity index (χ3v) is 3.14. The first-order valence-corrected chi connectivity index (χ1v) is 6.18. The van der Waals surface area contributed by atoms with Crippen molar-refractivity contribution >= 4 is 0 Å². The summed E-state index contributed by atoms with van der Waals surface area (Å²) in [6.45, 7) is -0.497. The number of benzene rings is 1. The van der Waals surface area contributed by atoms with E-state index in [1.807, 2.05) is 0 Å². The standard InChI is InChI=1S/C13H18O7/c1-18-7-3-2-4-8(5-7)19-13-12(17)11(16)10(15)9(6-14)20-13/h2-5,9-17H,6H2,1H3/t9-,10-,11+,12-,13-/m1/s1. The zero-order valence-corrected chi connectivity index (χ0v) is 10.9. The topological polar surface area (TPSA) is 109 Å². The number of hydrogen-bond donors (Lipinski definition) is 4. The maximum Gasteiger partial charge on any atom is 0.229 e. The number of aliphatic hydroxyl groups is 4. The molecule has 0 bridgehead atoms. The van der Waals surface area contributed by atoms with E-state index in [1.165, 1.54) is 7.11 Å². The fourth-order valence-corrected chi connectivity index (χ4v) is 1.97. The minimum absolute atomic E-state index is 0.369. The number of methoxy groups -OCH3 is 1. The van der Waals surface area contributed by atoms with Crippen LogP contribution in [0.25, 0.3) is 0 Å². The second-order valence-corrected chi connectivity index (χ2v) is 4.49. The molecule has 7 heteroatoms. The molecule has 1 heterocycles. The Morgan fingerprint density at radius 2 is 1.80 bits per heavy atom. The maximum atomic E-state index is 9.84. The van der Waals surface area contributed by atoms with Crippen LogP contribution in [0.2, 0.25) is 0 Å². The molecule has 4 N–H and O–H groups in total. The number of hydrogen-bond acceptors (Lipinski definition) is 7. The van der Waals surface area contributed by atoms with Gasteiger partial charge < -0.3 is 34.6 Å². The van der Waals surface area contributed by atoms with Gasteiger partial charge in [0.2, 0.25) is 6.29 Å². The van der Waals surface area contributed by atoms with Crippen LogP contribution in [0.1, 0.15) is 0 Å². The van der Waals surface area contributed by atoms with Gasteiger partial charge in [0.25, 0.3) is 0 Å². The summed E-state index contributed by atoms with van der Waals surface area (Å²) >= 11 is 0. The monoisotopic (exact) mass is 286 g/mol. The minimum Gasteiger partial charge on any atom is -0.497 e. The fourth-order valence-electron chi connectivity index (χ4n) is 1.97. The third kappa shape index (κ3) is 3.02. The number of aliphatic hydroxyl groups excluding tert-OH is 4. The molecule has 0 aliphatic carbocycles. The van der Waals surface area contributed by atoms with Crippen molar-refractivity contribution in [2.24, 2.45) is 0 Å². The summed E-state index contributed by atoms with van der Waals surface area (Å²) in [6.07, 6.45) is -6.49.